The summed E-state index contributed by atoms with van der Waals surface area (Å²) in [6.07, 6.45) is 17.8. The van der Waals surface area contributed by atoms with Gasteiger partial charge in [-0.15, -0.1) is 0 Å². The lowest BCUT2D eigenvalue weighted by Gasteiger charge is -2.19. The lowest BCUT2D eigenvalue weighted by atomic mass is 9.86. The largest absolute Gasteiger partial charge is 0.265 e. The smallest absolute Gasteiger partial charge is 0.115 e. The summed E-state index contributed by atoms with van der Waals surface area (Å²) in [5.41, 5.74) is 7.45. The normalized spacial score (nSPS) is 11.4. The van der Waals surface area contributed by atoms with E-state index >= 15 is 0 Å². The van der Waals surface area contributed by atoms with E-state index in [0.29, 0.717) is 0 Å². The molecule has 0 bridgehead atoms. The number of nitrogens with zero attached hydrogens (tertiary/aromatic N) is 7. The third-order valence-corrected chi connectivity index (χ3v) is 6.61. The first-order valence-corrected chi connectivity index (χ1v) is 15.0. The zero-order chi connectivity index (χ0) is 33.0. The topological polar surface area (TPSA) is 90.2 Å². The molecule has 0 spiro atoms. The first-order chi connectivity index (χ1) is 20.4. The van der Waals surface area contributed by atoms with Crippen LogP contribution in [0.5, 0.6) is 0 Å². The molecule has 5 aromatic rings. The first kappa shape index (κ1) is 38.9. The number of fused-ring (bicyclic) bond motifs is 1. The molecule has 0 fully saturated rings. The van der Waals surface area contributed by atoms with Crippen LogP contribution in [-0.2, 0) is 21.7 Å². The molecule has 0 aliphatic heterocycles. The molecule has 242 valence electrons. The molecule has 0 saturated heterocycles. The highest BCUT2D eigenvalue weighted by molar-refractivity contribution is 5.78. The average Bonchev–Trinajstić information content (AvgIpc) is 2.97. The van der Waals surface area contributed by atoms with E-state index < -0.39 is 0 Å². The van der Waals surface area contributed by atoms with E-state index in [2.05, 4.69) is 136 Å². The second-order valence-electron chi connectivity index (χ2n) is 14.7. The molecule has 7 heteroatoms. The minimum Gasteiger partial charge on any atom is -0.265 e. The minimum absolute atomic E-state index is 0. The molecule has 0 aliphatic carbocycles. The van der Waals surface area contributed by atoms with Gasteiger partial charge in [-0.2, -0.15) is 0 Å². The van der Waals surface area contributed by atoms with Gasteiger partial charge in [-0.25, -0.2) is 9.97 Å². The Labute approximate surface area is 272 Å². The van der Waals surface area contributed by atoms with Gasteiger partial charge in [-0.1, -0.05) is 90.5 Å². The third-order valence-electron chi connectivity index (χ3n) is 6.61. The van der Waals surface area contributed by atoms with Crippen LogP contribution < -0.4 is 0 Å². The van der Waals surface area contributed by atoms with Crippen LogP contribution in [0.25, 0.3) is 11.0 Å². The van der Waals surface area contributed by atoms with Crippen molar-refractivity contribution in [1.29, 1.82) is 0 Å². The fourth-order valence-corrected chi connectivity index (χ4v) is 3.81. The second-order valence-corrected chi connectivity index (χ2v) is 14.7. The van der Waals surface area contributed by atoms with E-state index in [4.69, 9.17) is 0 Å². The van der Waals surface area contributed by atoms with Crippen LogP contribution in [0.2, 0.25) is 0 Å². The molecule has 0 aromatic carbocycles. The molecule has 0 unspecified atom stereocenters. The van der Waals surface area contributed by atoms with E-state index in [1.54, 1.807) is 24.9 Å². The van der Waals surface area contributed by atoms with Gasteiger partial charge in [0.05, 0.1) is 16.7 Å². The molecular formula is C38H55N7. The van der Waals surface area contributed by atoms with E-state index in [1.807, 2.05) is 49.3 Å². The molecule has 7 nitrogen and oxygen atoms in total. The Kier molecular flexibility index (Phi) is 14.5. The van der Waals surface area contributed by atoms with Crippen molar-refractivity contribution < 1.29 is 0 Å². The molecule has 5 rings (SSSR count). The Morgan fingerprint density at radius 1 is 0.444 bits per heavy atom. The van der Waals surface area contributed by atoms with Crippen LogP contribution >= 0.6 is 0 Å². The molecule has 0 saturated carbocycles. The Morgan fingerprint density at radius 3 is 1.47 bits per heavy atom. The third kappa shape index (κ3) is 13.6. The summed E-state index contributed by atoms with van der Waals surface area (Å²) in [7, 11) is 0. The predicted octanol–water partition coefficient (Wildman–Crippen LogP) is 9.49. The minimum atomic E-state index is 0. The van der Waals surface area contributed by atoms with Crippen LogP contribution in [0.3, 0.4) is 0 Å². The Bertz CT molecular complexity index is 1390. The van der Waals surface area contributed by atoms with Gasteiger partial charge in [0.1, 0.15) is 6.33 Å². The van der Waals surface area contributed by atoms with Gasteiger partial charge in [-0.05, 0) is 63.3 Å². The van der Waals surface area contributed by atoms with Gasteiger partial charge in [-0.3, -0.25) is 24.9 Å². The van der Waals surface area contributed by atoms with Crippen molar-refractivity contribution in [3.63, 3.8) is 0 Å². The predicted molar refractivity (Wildman–Crippen MR) is 189 cm³/mol. The molecule has 0 amide bonds. The zero-order valence-corrected chi connectivity index (χ0v) is 28.8. The van der Waals surface area contributed by atoms with Crippen molar-refractivity contribution in [3.8, 4) is 0 Å². The van der Waals surface area contributed by atoms with Gasteiger partial charge in [0.25, 0.3) is 0 Å². The fourth-order valence-electron chi connectivity index (χ4n) is 3.81. The van der Waals surface area contributed by atoms with Gasteiger partial charge >= 0.3 is 0 Å². The van der Waals surface area contributed by atoms with Crippen LogP contribution in [0.1, 0.15) is 113 Å². The molecule has 5 heterocycles. The van der Waals surface area contributed by atoms with E-state index in [1.165, 1.54) is 16.7 Å². The van der Waals surface area contributed by atoms with Crippen LogP contribution in [0.4, 0.5) is 0 Å². The number of hydrogen-bond acceptors (Lipinski definition) is 7. The van der Waals surface area contributed by atoms with Crippen LogP contribution in [0, 0.1) is 0 Å². The van der Waals surface area contributed by atoms with E-state index in [0.717, 1.165) is 16.7 Å². The monoisotopic (exact) mass is 609 g/mol. The molecule has 45 heavy (non-hydrogen) atoms. The highest BCUT2D eigenvalue weighted by Gasteiger charge is 2.17. The summed E-state index contributed by atoms with van der Waals surface area (Å²) in [4.78, 5) is 28.7. The number of hydrogen-bond donors (Lipinski definition) is 0. The highest BCUT2D eigenvalue weighted by atomic mass is 14.8. The van der Waals surface area contributed by atoms with Crippen molar-refractivity contribution in [1.82, 2.24) is 34.9 Å². The lowest BCUT2D eigenvalue weighted by molar-refractivity contribution is 0.565. The number of pyridine rings is 3. The summed E-state index contributed by atoms with van der Waals surface area (Å²) in [6, 6.07) is 10.1. The van der Waals surface area contributed by atoms with Crippen molar-refractivity contribution in [3.05, 3.63) is 115 Å². The molecule has 5 aromatic heterocycles. The fraction of sp³-hybridized carbons (Fsp3) is 0.447. The summed E-state index contributed by atoms with van der Waals surface area (Å²) in [5, 5.41) is 0. The van der Waals surface area contributed by atoms with Crippen LogP contribution in [-0.4, -0.2) is 34.9 Å². The maximum absolute atomic E-state index is 4.39. The maximum atomic E-state index is 4.39. The van der Waals surface area contributed by atoms with Crippen molar-refractivity contribution in [2.24, 2.45) is 0 Å². The van der Waals surface area contributed by atoms with Crippen molar-refractivity contribution in [2.45, 2.75) is 112 Å². The maximum Gasteiger partial charge on any atom is 0.115 e. The zero-order valence-electron chi connectivity index (χ0n) is 28.8. The van der Waals surface area contributed by atoms with Gasteiger partial charge in [0, 0.05) is 61.2 Å². The molecule has 0 N–H and O–H groups in total. The Morgan fingerprint density at radius 2 is 1.04 bits per heavy atom. The molecule has 0 aliphatic rings. The summed E-state index contributed by atoms with van der Waals surface area (Å²) in [5.74, 6) is 0. The number of aromatic nitrogens is 7. The summed E-state index contributed by atoms with van der Waals surface area (Å²) >= 11 is 0. The SMILES string of the molecule is C.CC(C)(C)c1ccnc2cccnc12.CC(C)(C)c1ccncc1.CC(C)(C)c1cnccn1.CC(C)(C)c1cncnc1. The first-order valence-electron chi connectivity index (χ1n) is 15.0. The molecular weight excluding hydrogens is 554 g/mol. The summed E-state index contributed by atoms with van der Waals surface area (Å²) in [6.45, 7) is 26.0. The number of rotatable bonds is 0. The second kappa shape index (κ2) is 16.8. The van der Waals surface area contributed by atoms with Gasteiger partial charge < -0.3 is 0 Å². The van der Waals surface area contributed by atoms with E-state index in [9.17, 15) is 0 Å². The quantitative estimate of drug-likeness (QED) is 0.173. The molecule has 0 radical (unpaired) electrons. The van der Waals surface area contributed by atoms with Gasteiger partial charge in [0.2, 0.25) is 0 Å². The van der Waals surface area contributed by atoms with Crippen molar-refractivity contribution in [2.75, 3.05) is 0 Å². The van der Waals surface area contributed by atoms with Gasteiger partial charge in [0.15, 0.2) is 0 Å². The molecule has 0 atom stereocenters. The van der Waals surface area contributed by atoms with Crippen LogP contribution in [0.15, 0.2) is 92.4 Å². The Balaban J connectivity index is 0.000000302. The standard InChI is InChI=1S/C12H14N2.C9H13N.2C8H12N2.CH4/c1-12(2,3)9-6-8-13-10-5-4-7-14-11(9)10;1-9(2,3)8-4-6-10-7-5-8;1-8(2,3)7-4-9-6-10-5-7;1-8(2,3)7-6-9-4-5-10-7;/h4-8H,1-3H3;4-7H,1-3H3;2*4-6H,1-3H3;1H4. The van der Waals surface area contributed by atoms with E-state index in [-0.39, 0.29) is 29.1 Å². The van der Waals surface area contributed by atoms with Crippen molar-refractivity contribution >= 4 is 11.0 Å². The lowest BCUT2D eigenvalue weighted by Crippen LogP contribution is -2.13. The average molecular weight is 610 g/mol. The summed E-state index contributed by atoms with van der Waals surface area (Å²) < 4.78 is 0. The Hall–Kier alpha value is -4.13. The highest BCUT2D eigenvalue weighted by Crippen LogP contribution is 2.27.